The monoisotopic (exact) mass is 128 g/mol. The topological polar surface area (TPSA) is 12.0 Å². The molecule has 2 heteroatoms. The van der Waals surface area contributed by atoms with Crippen LogP contribution in [-0.4, -0.2) is 0 Å². The van der Waals surface area contributed by atoms with E-state index in [1.54, 1.807) is 6.20 Å². The molecule has 0 unspecified atom stereocenters. The molecule has 0 saturated carbocycles. The van der Waals surface area contributed by atoms with E-state index in [9.17, 15) is 0 Å². The Morgan fingerprint density at radius 3 is 2.75 bits per heavy atom. The highest BCUT2D eigenvalue weighted by Gasteiger charge is 2.03. The molecule has 1 aliphatic heterocycles. The second-order valence-electron chi connectivity index (χ2n) is 1.68. The maximum absolute atomic E-state index is 5.68. The predicted molar refractivity (Wildman–Crippen MR) is 35.1 cm³/mol. The minimum atomic E-state index is 0.785. The first-order valence-corrected chi connectivity index (χ1v) is 2.80. The van der Waals surface area contributed by atoms with E-state index in [0.717, 1.165) is 11.0 Å². The molecule has 43 valence electrons. The SMILES string of the molecule is C[C]1C=CNC=C1Cl. The normalized spacial score (nSPS) is 20.0. The molecule has 0 amide bonds. The largest absolute Gasteiger partial charge is 0.367 e. The second kappa shape index (κ2) is 2.23. The van der Waals surface area contributed by atoms with Crippen molar-refractivity contribution in [3.05, 3.63) is 29.4 Å². The summed E-state index contributed by atoms with van der Waals surface area (Å²) in [4.78, 5) is 0. The van der Waals surface area contributed by atoms with Gasteiger partial charge in [0, 0.05) is 17.2 Å². The molecular formula is C6H7ClN. The van der Waals surface area contributed by atoms with Gasteiger partial charge in [0.25, 0.3) is 0 Å². The Balaban J connectivity index is 2.63. The molecule has 0 fully saturated rings. The number of hydrogen-bond acceptors (Lipinski definition) is 1. The first-order chi connectivity index (χ1) is 3.80. The van der Waals surface area contributed by atoms with E-state index in [1.807, 2.05) is 19.2 Å². The van der Waals surface area contributed by atoms with Gasteiger partial charge in [-0.25, -0.2) is 0 Å². The van der Waals surface area contributed by atoms with Crippen molar-refractivity contribution in [3.63, 3.8) is 0 Å². The lowest BCUT2D eigenvalue weighted by atomic mass is 10.1. The smallest absolute Gasteiger partial charge is 0.0450 e. The molecule has 0 atom stereocenters. The predicted octanol–water partition coefficient (Wildman–Crippen LogP) is 1.78. The van der Waals surface area contributed by atoms with Gasteiger partial charge in [0.15, 0.2) is 0 Å². The van der Waals surface area contributed by atoms with E-state index < -0.39 is 0 Å². The van der Waals surface area contributed by atoms with E-state index in [0.29, 0.717) is 0 Å². The Morgan fingerprint density at radius 2 is 2.38 bits per heavy atom. The summed E-state index contributed by atoms with van der Waals surface area (Å²) in [7, 11) is 0. The van der Waals surface area contributed by atoms with Crippen molar-refractivity contribution in [1.29, 1.82) is 0 Å². The Morgan fingerprint density at radius 1 is 1.62 bits per heavy atom. The molecule has 0 bridgehead atoms. The lowest BCUT2D eigenvalue weighted by Crippen LogP contribution is -2.02. The van der Waals surface area contributed by atoms with Crippen LogP contribution in [-0.2, 0) is 0 Å². The summed E-state index contributed by atoms with van der Waals surface area (Å²) in [6.07, 6.45) is 5.54. The molecule has 8 heavy (non-hydrogen) atoms. The maximum Gasteiger partial charge on any atom is 0.0450 e. The fraction of sp³-hybridized carbons (Fsp3) is 0.167. The molecule has 0 aromatic carbocycles. The molecule has 1 N–H and O–H groups in total. The van der Waals surface area contributed by atoms with Crippen molar-refractivity contribution in [2.45, 2.75) is 6.92 Å². The van der Waals surface area contributed by atoms with Crippen LogP contribution in [0.25, 0.3) is 0 Å². The molecule has 1 nitrogen and oxygen atoms in total. The first-order valence-electron chi connectivity index (χ1n) is 2.43. The molecule has 0 saturated heterocycles. The van der Waals surface area contributed by atoms with Crippen LogP contribution >= 0.6 is 11.6 Å². The van der Waals surface area contributed by atoms with Crippen LogP contribution in [0.1, 0.15) is 6.92 Å². The van der Waals surface area contributed by atoms with E-state index in [2.05, 4.69) is 5.32 Å². The van der Waals surface area contributed by atoms with Gasteiger partial charge in [-0.05, 0) is 13.1 Å². The number of halogens is 1. The van der Waals surface area contributed by atoms with Crippen molar-refractivity contribution in [2.75, 3.05) is 0 Å². The van der Waals surface area contributed by atoms with E-state index in [1.165, 1.54) is 0 Å². The van der Waals surface area contributed by atoms with E-state index in [4.69, 9.17) is 11.6 Å². The standard InChI is InChI=1S/C6H7ClN/c1-5-2-3-8-4-6(5)7/h2-4,8H,1H3. The summed E-state index contributed by atoms with van der Waals surface area (Å²) >= 11 is 5.68. The number of dihydropyridines is 1. The second-order valence-corrected chi connectivity index (χ2v) is 2.08. The summed E-state index contributed by atoms with van der Waals surface area (Å²) in [5.41, 5.74) is 0. The zero-order valence-electron chi connectivity index (χ0n) is 4.61. The van der Waals surface area contributed by atoms with Crippen LogP contribution in [0.2, 0.25) is 0 Å². The van der Waals surface area contributed by atoms with Gasteiger partial charge in [-0.15, -0.1) is 0 Å². The third-order valence-corrected chi connectivity index (χ3v) is 1.42. The van der Waals surface area contributed by atoms with Crippen LogP contribution in [0.4, 0.5) is 0 Å². The highest BCUT2D eigenvalue weighted by atomic mass is 35.5. The lowest BCUT2D eigenvalue weighted by Gasteiger charge is -2.07. The van der Waals surface area contributed by atoms with Crippen LogP contribution in [0.5, 0.6) is 0 Å². The third kappa shape index (κ3) is 1.04. The van der Waals surface area contributed by atoms with E-state index >= 15 is 0 Å². The van der Waals surface area contributed by atoms with Crippen molar-refractivity contribution in [2.24, 2.45) is 0 Å². The highest BCUT2D eigenvalue weighted by Crippen LogP contribution is 2.19. The molecule has 1 radical (unpaired) electrons. The number of allylic oxidation sites excluding steroid dienone is 2. The number of nitrogens with one attached hydrogen (secondary N) is 1. The quantitative estimate of drug-likeness (QED) is 0.525. The third-order valence-electron chi connectivity index (χ3n) is 1.02. The van der Waals surface area contributed by atoms with Crippen molar-refractivity contribution in [3.8, 4) is 0 Å². The summed E-state index contributed by atoms with van der Waals surface area (Å²) in [5, 5.41) is 3.65. The maximum atomic E-state index is 5.68. The lowest BCUT2D eigenvalue weighted by molar-refractivity contribution is 1.10. The average Bonchev–Trinajstić information content (AvgIpc) is 1.77. The summed E-state index contributed by atoms with van der Waals surface area (Å²) in [5.74, 6) is 1.10. The zero-order chi connectivity index (χ0) is 5.98. The molecule has 1 rings (SSSR count). The first kappa shape index (κ1) is 5.70. The van der Waals surface area contributed by atoms with Gasteiger partial charge in [0.05, 0.1) is 0 Å². The fourth-order valence-electron chi connectivity index (χ4n) is 0.488. The Bertz CT molecular complexity index is 137. The minimum absolute atomic E-state index is 0.785. The molecule has 1 heterocycles. The molecule has 0 aromatic heterocycles. The van der Waals surface area contributed by atoms with Gasteiger partial charge in [0.2, 0.25) is 0 Å². The van der Waals surface area contributed by atoms with Crippen LogP contribution in [0.3, 0.4) is 0 Å². The minimum Gasteiger partial charge on any atom is -0.367 e. The molecule has 1 aliphatic rings. The van der Waals surface area contributed by atoms with Gasteiger partial charge in [-0.2, -0.15) is 0 Å². The number of hydrogen-bond donors (Lipinski definition) is 1. The Kier molecular flexibility index (Phi) is 1.59. The summed E-state index contributed by atoms with van der Waals surface area (Å²) in [6.45, 7) is 1.97. The van der Waals surface area contributed by atoms with Gasteiger partial charge >= 0.3 is 0 Å². The highest BCUT2D eigenvalue weighted by molar-refractivity contribution is 6.31. The average molecular weight is 129 g/mol. The Hall–Kier alpha value is -0.430. The molecule has 0 aromatic rings. The fourth-order valence-corrected chi connectivity index (χ4v) is 0.614. The molecular weight excluding hydrogens is 122 g/mol. The number of rotatable bonds is 0. The van der Waals surface area contributed by atoms with Crippen molar-refractivity contribution < 1.29 is 0 Å². The molecule has 0 spiro atoms. The van der Waals surface area contributed by atoms with Gasteiger partial charge < -0.3 is 5.32 Å². The molecule has 0 aliphatic carbocycles. The Labute approximate surface area is 54.0 Å². The van der Waals surface area contributed by atoms with Crippen molar-refractivity contribution in [1.82, 2.24) is 5.32 Å². The summed E-state index contributed by atoms with van der Waals surface area (Å²) in [6, 6.07) is 0. The van der Waals surface area contributed by atoms with Crippen LogP contribution < -0.4 is 5.32 Å². The van der Waals surface area contributed by atoms with Crippen molar-refractivity contribution >= 4 is 11.6 Å². The summed E-state index contributed by atoms with van der Waals surface area (Å²) < 4.78 is 0. The van der Waals surface area contributed by atoms with E-state index in [-0.39, 0.29) is 0 Å². The van der Waals surface area contributed by atoms with Gasteiger partial charge in [-0.1, -0.05) is 17.7 Å². The zero-order valence-corrected chi connectivity index (χ0v) is 5.37. The van der Waals surface area contributed by atoms with Gasteiger partial charge in [0.1, 0.15) is 0 Å². The van der Waals surface area contributed by atoms with Crippen LogP contribution in [0, 0.1) is 5.92 Å². The van der Waals surface area contributed by atoms with Crippen LogP contribution in [0.15, 0.2) is 23.5 Å². The van der Waals surface area contributed by atoms with Gasteiger partial charge in [-0.3, -0.25) is 0 Å².